The summed E-state index contributed by atoms with van der Waals surface area (Å²) >= 11 is 0. The molecule has 1 fully saturated rings. The van der Waals surface area contributed by atoms with Gasteiger partial charge in [0.15, 0.2) is 5.82 Å². The molecule has 0 bridgehead atoms. The molecular weight excluding hydrogens is 392 g/mol. The highest BCUT2D eigenvalue weighted by atomic mass is 16.1. The van der Waals surface area contributed by atoms with E-state index in [0.29, 0.717) is 18.9 Å². The van der Waals surface area contributed by atoms with Crippen LogP contribution in [0, 0.1) is 6.92 Å². The van der Waals surface area contributed by atoms with E-state index < -0.39 is 0 Å². The molecule has 0 saturated carbocycles. The molecule has 0 radical (unpaired) electrons. The van der Waals surface area contributed by atoms with Crippen LogP contribution in [0.4, 0.5) is 11.8 Å². The van der Waals surface area contributed by atoms with Crippen molar-refractivity contribution in [2.75, 3.05) is 49.7 Å². The van der Waals surface area contributed by atoms with Crippen molar-refractivity contribution in [3.63, 3.8) is 0 Å². The molecule has 0 unspecified atom stereocenters. The number of aromatic nitrogens is 4. The van der Waals surface area contributed by atoms with E-state index in [-0.39, 0.29) is 5.56 Å². The summed E-state index contributed by atoms with van der Waals surface area (Å²) in [5, 5.41) is 14.9. The Bertz CT molecular complexity index is 1200. The Morgan fingerprint density at radius 2 is 1.87 bits per heavy atom. The van der Waals surface area contributed by atoms with Crippen LogP contribution in [-0.4, -0.2) is 70.1 Å². The zero-order valence-electron chi connectivity index (χ0n) is 18.3. The standard InChI is InChI=1S/C22H28N8O/c1-15-14-30-21(31)17(16(2)23-22(30)27(3)26-15)8-9-28-10-12-29(13-11-28)20-18-6-4-5-7-19(18)24-25-20/h4-7H,8-14H2,1-3H3,(H,24,25). The zero-order valence-corrected chi connectivity index (χ0v) is 18.3. The molecule has 2 aromatic heterocycles. The second-order valence-corrected chi connectivity index (χ2v) is 8.40. The van der Waals surface area contributed by atoms with Crippen LogP contribution in [0.2, 0.25) is 0 Å². The third kappa shape index (κ3) is 3.59. The third-order valence-electron chi connectivity index (χ3n) is 6.25. The number of aryl methyl sites for hydroxylation is 1. The number of hydrogen-bond acceptors (Lipinski definition) is 7. The van der Waals surface area contributed by atoms with E-state index in [1.54, 1.807) is 9.58 Å². The predicted octanol–water partition coefficient (Wildman–Crippen LogP) is 1.62. The number of fused-ring (bicyclic) bond motifs is 2. The van der Waals surface area contributed by atoms with Crippen molar-refractivity contribution in [2.24, 2.45) is 5.10 Å². The molecule has 9 heteroatoms. The van der Waals surface area contributed by atoms with Gasteiger partial charge in [-0.15, -0.1) is 0 Å². The second-order valence-electron chi connectivity index (χ2n) is 8.40. The minimum absolute atomic E-state index is 0.0604. The molecule has 5 rings (SSSR count). The van der Waals surface area contributed by atoms with Gasteiger partial charge in [0, 0.05) is 50.7 Å². The fraction of sp³-hybridized carbons (Fsp3) is 0.455. The number of rotatable bonds is 4. The molecule has 2 aliphatic rings. The number of hydrazone groups is 1. The Hall–Kier alpha value is -3.20. The summed E-state index contributed by atoms with van der Waals surface area (Å²) < 4.78 is 1.74. The molecule has 0 spiro atoms. The van der Waals surface area contributed by atoms with Crippen LogP contribution in [0.1, 0.15) is 18.2 Å². The van der Waals surface area contributed by atoms with Gasteiger partial charge in [-0.3, -0.25) is 19.4 Å². The monoisotopic (exact) mass is 420 g/mol. The lowest BCUT2D eigenvalue weighted by Gasteiger charge is -2.35. The maximum atomic E-state index is 13.1. The van der Waals surface area contributed by atoms with Crippen LogP contribution in [0.3, 0.4) is 0 Å². The van der Waals surface area contributed by atoms with Crippen molar-refractivity contribution in [3.8, 4) is 0 Å². The highest BCUT2D eigenvalue weighted by Crippen LogP contribution is 2.24. The van der Waals surface area contributed by atoms with Gasteiger partial charge in [-0.25, -0.2) is 9.99 Å². The van der Waals surface area contributed by atoms with Gasteiger partial charge in [-0.1, -0.05) is 12.1 Å². The summed E-state index contributed by atoms with van der Waals surface area (Å²) in [5.41, 5.74) is 3.66. The van der Waals surface area contributed by atoms with E-state index in [4.69, 9.17) is 0 Å². The molecule has 162 valence electrons. The minimum atomic E-state index is 0.0604. The number of aromatic amines is 1. The number of nitrogens with zero attached hydrogens (tertiary/aromatic N) is 7. The molecule has 31 heavy (non-hydrogen) atoms. The van der Waals surface area contributed by atoms with E-state index in [9.17, 15) is 4.79 Å². The minimum Gasteiger partial charge on any atom is -0.352 e. The largest absolute Gasteiger partial charge is 0.352 e. The third-order valence-corrected chi connectivity index (χ3v) is 6.25. The Morgan fingerprint density at radius 3 is 2.68 bits per heavy atom. The van der Waals surface area contributed by atoms with Crippen LogP contribution < -0.4 is 15.5 Å². The maximum Gasteiger partial charge on any atom is 0.258 e. The van der Waals surface area contributed by atoms with Gasteiger partial charge in [-0.05, 0) is 32.4 Å². The first-order valence-corrected chi connectivity index (χ1v) is 10.8. The van der Waals surface area contributed by atoms with E-state index in [0.717, 1.165) is 61.0 Å². The number of benzene rings is 1. The highest BCUT2D eigenvalue weighted by Gasteiger charge is 2.23. The summed E-state index contributed by atoms with van der Waals surface area (Å²) in [6.45, 7) is 8.99. The van der Waals surface area contributed by atoms with Crippen molar-refractivity contribution in [1.29, 1.82) is 0 Å². The Labute approximate surface area is 181 Å². The van der Waals surface area contributed by atoms with E-state index in [1.165, 1.54) is 5.39 Å². The number of hydrogen-bond donors (Lipinski definition) is 1. The lowest BCUT2D eigenvalue weighted by atomic mass is 10.1. The van der Waals surface area contributed by atoms with Crippen LogP contribution in [0.25, 0.3) is 10.9 Å². The summed E-state index contributed by atoms with van der Waals surface area (Å²) in [6.07, 6.45) is 0.711. The van der Waals surface area contributed by atoms with Crippen LogP contribution in [0.15, 0.2) is 34.2 Å². The number of nitrogens with one attached hydrogen (secondary N) is 1. The molecule has 1 aromatic carbocycles. The Balaban J connectivity index is 1.25. The van der Waals surface area contributed by atoms with Gasteiger partial charge in [0.05, 0.1) is 23.5 Å². The molecule has 0 amide bonds. The average molecular weight is 421 g/mol. The molecule has 4 heterocycles. The van der Waals surface area contributed by atoms with Crippen molar-refractivity contribution in [3.05, 3.63) is 45.9 Å². The SMILES string of the molecule is CC1=NN(C)c2nc(C)c(CCN3CCN(c4n[nH]c5ccccc45)CC3)c(=O)n2C1. The molecule has 3 aromatic rings. The molecule has 1 N–H and O–H groups in total. The smallest absolute Gasteiger partial charge is 0.258 e. The zero-order chi connectivity index (χ0) is 21.5. The molecular formula is C22H28N8O. The lowest BCUT2D eigenvalue weighted by Crippen LogP contribution is -2.47. The van der Waals surface area contributed by atoms with Gasteiger partial charge in [-0.2, -0.15) is 10.2 Å². The van der Waals surface area contributed by atoms with Crippen LogP contribution >= 0.6 is 0 Å². The first kappa shape index (κ1) is 19.7. The Kier molecular flexibility index (Phi) is 4.97. The molecule has 0 atom stereocenters. The van der Waals surface area contributed by atoms with Gasteiger partial charge >= 0.3 is 0 Å². The average Bonchev–Trinajstić information content (AvgIpc) is 3.19. The van der Waals surface area contributed by atoms with Crippen molar-refractivity contribution < 1.29 is 0 Å². The summed E-state index contributed by atoms with van der Waals surface area (Å²) in [4.78, 5) is 22.6. The van der Waals surface area contributed by atoms with Crippen molar-refractivity contribution in [2.45, 2.75) is 26.8 Å². The van der Waals surface area contributed by atoms with Gasteiger partial charge in [0.1, 0.15) is 0 Å². The topological polar surface area (TPSA) is 85.7 Å². The summed E-state index contributed by atoms with van der Waals surface area (Å²) in [6, 6.07) is 8.25. The van der Waals surface area contributed by atoms with Crippen molar-refractivity contribution in [1.82, 2.24) is 24.6 Å². The Morgan fingerprint density at radius 1 is 1.10 bits per heavy atom. The van der Waals surface area contributed by atoms with Crippen LogP contribution in [-0.2, 0) is 13.0 Å². The van der Waals surface area contributed by atoms with E-state index in [2.05, 4.69) is 48.3 Å². The fourth-order valence-electron chi connectivity index (χ4n) is 4.57. The molecule has 1 saturated heterocycles. The van der Waals surface area contributed by atoms with Gasteiger partial charge in [0.2, 0.25) is 5.95 Å². The van der Waals surface area contributed by atoms with Crippen LogP contribution in [0.5, 0.6) is 0 Å². The quantitative estimate of drug-likeness (QED) is 0.690. The molecule has 2 aliphatic heterocycles. The molecule has 0 aliphatic carbocycles. The molecule has 9 nitrogen and oxygen atoms in total. The number of anilines is 2. The number of para-hydroxylation sites is 1. The van der Waals surface area contributed by atoms with Gasteiger partial charge in [0.25, 0.3) is 5.56 Å². The normalized spacial score (nSPS) is 17.2. The second kappa shape index (κ2) is 7.81. The van der Waals surface area contributed by atoms with Crippen molar-refractivity contribution >= 4 is 28.4 Å². The van der Waals surface area contributed by atoms with Gasteiger partial charge < -0.3 is 4.90 Å². The predicted molar refractivity (Wildman–Crippen MR) is 123 cm³/mol. The highest BCUT2D eigenvalue weighted by molar-refractivity contribution is 5.90. The van der Waals surface area contributed by atoms with E-state index >= 15 is 0 Å². The summed E-state index contributed by atoms with van der Waals surface area (Å²) in [5.74, 6) is 1.65. The first-order chi connectivity index (χ1) is 15.0. The number of H-pyrrole nitrogens is 1. The fourth-order valence-corrected chi connectivity index (χ4v) is 4.57. The maximum absolute atomic E-state index is 13.1. The summed E-state index contributed by atoms with van der Waals surface area (Å²) in [7, 11) is 1.84. The first-order valence-electron chi connectivity index (χ1n) is 10.8. The van der Waals surface area contributed by atoms with E-state index in [1.807, 2.05) is 27.0 Å². The lowest BCUT2D eigenvalue weighted by molar-refractivity contribution is 0.260. The number of piperazine rings is 1.